The second-order valence-corrected chi connectivity index (χ2v) is 10.1. The van der Waals surface area contributed by atoms with Crippen LogP contribution in [0.2, 0.25) is 0 Å². The number of aromatic amines is 2. The molecule has 0 spiro atoms. The lowest BCUT2D eigenvalue weighted by molar-refractivity contribution is 0.331. The van der Waals surface area contributed by atoms with Gasteiger partial charge in [0.15, 0.2) is 0 Å². The summed E-state index contributed by atoms with van der Waals surface area (Å²) in [4.78, 5) is 20.0. The number of halogens is 1. The van der Waals surface area contributed by atoms with Gasteiger partial charge in [-0.3, -0.25) is 20.0 Å². The van der Waals surface area contributed by atoms with Gasteiger partial charge in [-0.1, -0.05) is 0 Å². The van der Waals surface area contributed by atoms with Crippen LogP contribution >= 0.6 is 0 Å². The number of hydrogen-bond acceptors (Lipinski definition) is 5. The van der Waals surface area contributed by atoms with Gasteiger partial charge >= 0.3 is 0 Å². The molecule has 7 rings (SSSR count). The minimum Gasteiger partial charge on any atom is -0.353 e. The normalized spacial score (nSPS) is 14.2. The SMILES string of the molecule is Cc1cc(F)cc(-c2nccc3[nH]c(-c4n[nH]c5ccc(-c6cncc(CN7CCCC7)c6)nc45)cc23)c1. The van der Waals surface area contributed by atoms with Crippen LogP contribution in [0.4, 0.5) is 4.39 Å². The van der Waals surface area contributed by atoms with Crippen LogP contribution in [0.25, 0.3) is 55.8 Å². The summed E-state index contributed by atoms with van der Waals surface area (Å²) in [7, 11) is 0. The monoisotopic (exact) mass is 503 g/mol. The predicted octanol–water partition coefficient (Wildman–Crippen LogP) is 6.27. The Hall–Kier alpha value is -4.43. The molecular formula is C30H26FN7. The number of nitrogens with zero attached hydrogens (tertiary/aromatic N) is 5. The molecule has 1 fully saturated rings. The molecule has 1 aliphatic heterocycles. The number of H-pyrrole nitrogens is 2. The summed E-state index contributed by atoms with van der Waals surface area (Å²) in [5, 5.41) is 8.60. The van der Waals surface area contributed by atoms with Crippen molar-refractivity contribution < 1.29 is 4.39 Å². The van der Waals surface area contributed by atoms with E-state index >= 15 is 0 Å². The maximum absolute atomic E-state index is 14.2. The number of rotatable bonds is 5. The summed E-state index contributed by atoms with van der Waals surface area (Å²) in [5.41, 5.74) is 9.42. The van der Waals surface area contributed by atoms with Crippen LogP contribution in [0.1, 0.15) is 24.0 Å². The molecule has 38 heavy (non-hydrogen) atoms. The van der Waals surface area contributed by atoms with Crippen LogP contribution in [0.15, 0.2) is 67.1 Å². The first kappa shape index (κ1) is 22.7. The van der Waals surface area contributed by atoms with Gasteiger partial charge in [0.25, 0.3) is 0 Å². The highest BCUT2D eigenvalue weighted by Gasteiger charge is 2.17. The van der Waals surface area contributed by atoms with E-state index < -0.39 is 0 Å². The van der Waals surface area contributed by atoms with Gasteiger partial charge in [0, 0.05) is 47.2 Å². The molecule has 0 saturated carbocycles. The van der Waals surface area contributed by atoms with Crippen molar-refractivity contribution in [1.29, 1.82) is 0 Å². The van der Waals surface area contributed by atoms with Crippen LogP contribution in [-0.2, 0) is 6.54 Å². The second kappa shape index (κ2) is 9.15. The first-order valence-electron chi connectivity index (χ1n) is 12.9. The fourth-order valence-corrected chi connectivity index (χ4v) is 5.45. The number of pyridine rings is 3. The quantitative estimate of drug-likeness (QED) is 0.289. The van der Waals surface area contributed by atoms with Crippen molar-refractivity contribution in [2.24, 2.45) is 0 Å². The van der Waals surface area contributed by atoms with E-state index in [1.165, 1.54) is 30.5 Å². The zero-order valence-electron chi connectivity index (χ0n) is 21.0. The molecule has 0 amide bonds. The van der Waals surface area contributed by atoms with Crippen molar-refractivity contribution >= 4 is 21.9 Å². The van der Waals surface area contributed by atoms with Crippen molar-refractivity contribution in [3.63, 3.8) is 0 Å². The molecule has 2 N–H and O–H groups in total. The Morgan fingerprint density at radius 3 is 2.68 bits per heavy atom. The van der Waals surface area contributed by atoms with Crippen molar-refractivity contribution in [3.8, 4) is 33.9 Å². The fourth-order valence-electron chi connectivity index (χ4n) is 5.45. The van der Waals surface area contributed by atoms with E-state index in [-0.39, 0.29) is 5.82 Å². The van der Waals surface area contributed by atoms with Gasteiger partial charge in [-0.25, -0.2) is 9.37 Å². The lowest BCUT2D eigenvalue weighted by Crippen LogP contribution is -2.18. The van der Waals surface area contributed by atoms with Gasteiger partial charge in [0.1, 0.15) is 17.0 Å². The second-order valence-electron chi connectivity index (χ2n) is 10.1. The number of benzene rings is 1. The topological polar surface area (TPSA) is 86.4 Å². The molecule has 0 atom stereocenters. The molecule has 0 bridgehead atoms. The molecule has 6 aromatic rings. The number of hydrogen-bond donors (Lipinski definition) is 2. The third-order valence-corrected chi connectivity index (χ3v) is 7.22. The smallest absolute Gasteiger partial charge is 0.135 e. The highest BCUT2D eigenvalue weighted by Crippen LogP contribution is 2.33. The van der Waals surface area contributed by atoms with Crippen molar-refractivity contribution in [1.82, 2.24) is 35.0 Å². The zero-order chi connectivity index (χ0) is 25.6. The number of nitrogens with one attached hydrogen (secondary N) is 2. The van der Waals surface area contributed by atoms with Crippen LogP contribution in [-0.4, -0.2) is 48.1 Å². The summed E-state index contributed by atoms with van der Waals surface area (Å²) in [6, 6.07) is 15.1. The van der Waals surface area contributed by atoms with Crippen LogP contribution in [0.3, 0.4) is 0 Å². The molecule has 6 heterocycles. The van der Waals surface area contributed by atoms with E-state index in [1.54, 1.807) is 6.20 Å². The highest BCUT2D eigenvalue weighted by molar-refractivity contribution is 5.99. The highest BCUT2D eigenvalue weighted by atomic mass is 19.1. The van der Waals surface area contributed by atoms with Crippen LogP contribution in [0, 0.1) is 12.7 Å². The largest absolute Gasteiger partial charge is 0.353 e. The van der Waals surface area contributed by atoms with Crippen LogP contribution < -0.4 is 0 Å². The number of fused-ring (bicyclic) bond motifs is 2. The summed E-state index contributed by atoms with van der Waals surface area (Å²) in [5.74, 6) is -0.274. The maximum atomic E-state index is 14.2. The fraction of sp³-hybridized carbons (Fsp3) is 0.200. The Morgan fingerprint density at radius 1 is 0.921 bits per heavy atom. The van der Waals surface area contributed by atoms with E-state index in [9.17, 15) is 4.39 Å². The summed E-state index contributed by atoms with van der Waals surface area (Å²) in [6.07, 6.45) is 8.08. The van der Waals surface area contributed by atoms with Gasteiger partial charge in [0.05, 0.1) is 22.6 Å². The van der Waals surface area contributed by atoms with E-state index in [0.29, 0.717) is 0 Å². The van der Waals surface area contributed by atoms with E-state index in [1.807, 2.05) is 49.6 Å². The Labute approximate surface area is 218 Å². The zero-order valence-corrected chi connectivity index (χ0v) is 21.0. The maximum Gasteiger partial charge on any atom is 0.135 e. The Balaban J connectivity index is 1.28. The molecule has 1 aromatic carbocycles. The minimum atomic E-state index is -0.274. The molecule has 0 unspecified atom stereocenters. The van der Waals surface area contributed by atoms with Gasteiger partial charge in [0.2, 0.25) is 0 Å². The first-order chi connectivity index (χ1) is 18.6. The minimum absolute atomic E-state index is 0.274. The number of aromatic nitrogens is 6. The molecule has 7 nitrogen and oxygen atoms in total. The van der Waals surface area contributed by atoms with Gasteiger partial charge in [-0.2, -0.15) is 5.10 Å². The average molecular weight is 504 g/mol. The van der Waals surface area contributed by atoms with Crippen molar-refractivity contribution in [3.05, 3.63) is 84.1 Å². The molecule has 0 radical (unpaired) electrons. The molecule has 1 aliphatic rings. The lowest BCUT2D eigenvalue weighted by atomic mass is 10.0. The third-order valence-electron chi connectivity index (χ3n) is 7.22. The first-order valence-corrected chi connectivity index (χ1v) is 12.9. The molecule has 0 aliphatic carbocycles. The van der Waals surface area contributed by atoms with Crippen molar-refractivity contribution in [2.75, 3.05) is 13.1 Å². The van der Waals surface area contributed by atoms with E-state index in [4.69, 9.17) is 4.98 Å². The Kier molecular flexibility index (Phi) is 5.47. The van der Waals surface area contributed by atoms with Crippen LogP contribution in [0.5, 0.6) is 0 Å². The van der Waals surface area contributed by atoms with E-state index in [0.717, 1.165) is 81.0 Å². The lowest BCUT2D eigenvalue weighted by Gasteiger charge is -2.14. The standard InChI is InChI=1S/C30H26FN7/c1-18-10-20(13-22(31)11-18)28-23-14-27(34-25(23)6-7-33-28)30-29-26(36-37-30)5-4-24(35-29)21-12-19(15-32-16-21)17-38-8-2-3-9-38/h4-7,10-16,34H,2-3,8-9,17H2,1H3,(H,36,37). The summed E-state index contributed by atoms with van der Waals surface area (Å²) in [6.45, 7) is 5.09. The van der Waals surface area contributed by atoms with Gasteiger partial charge < -0.3 is 4.98 Å². The molecule has 8 heteroatoms. The molecular weight excluding hydrogens is 477 g/mol. The molecule has 1 saturated heterocycles. The van der Waals surface area contributed by atoms with Gasteiger partial charge in [-0.15, -0.1) is 0 Å². The summed E-state index contributed by atoms with van der Waals surface area (Å²) < 4.78 is 14.2. The average Bonchev–Trinajstić information content (AvgIpc) is 3.67. The van der Waals surface area contributed by atoms with Gasteiger partial charge in [-0.05, 0) is 92.5 Å². The molecule has 5 aromatic heterocycles. The van der Waals surface area contributed by atoms with Crippen molar-refractivity contribution in [2.45, 2.75) is 26.3 Å². The third kappa shape index (κ3) is 4.13. The number of likely N-dealkylation sites (tertiary alicyclic amines) is 1. The summed E-state index contributed by atoms with van der Waals surface area (Å²) >= 11 is 0. The predicted molar refractivity (Wildman–Crippen MR) is 147 cm³/mol. The Bertz CT molecular complexity index is 1780. The molecule has 188 valence electrons. The van der Waals surface area contributed by atoms with E-state index in [2.05, 4.69) is 36.1 Å². The number of aryl methyl sites for hydroxylation is 1. The Morgan fingerprint density at radius 2 is 1.82 bits per heavy atom.